The Balaban J connectivity index is 2.16. The number of ether oxygens (including phenoxy) is 3. The van der Waals surface area contributed by atoms with Gasteiger partial charge in [-0.25, -0.2) is 4.79 Å². The summed E-state index contributed by atoms with van der Waals surface area (Å²) in [6.45, 7) is 2.15. The summed E-state index contributed by atoms with van der Waals surface area (Å²) < 4.78 is 16.6. The van der Waals surface area contributed by atoms with E-state index in [0.29, 0.717) is 5.56 Å². The van der Waals surface area contributed by atoms with Crippen LogP contribution in [-0.2, 0) is 25.6 Å². The molecule has 0 radical (unpaired) electrons. The maximum atomic E-state index is 12.0. The minimum absolute atomic E-state index is 0.0255. The zero-order valence-electron chi connectivity index (χ0n) is 13.8. The van der Waals surface area contributed by atoms with Gasteiger partial charge in [0, 0.05) is 12.8 Å². The summed E-state index contributed by atoms with van der Waals surface area (Å²) in [6, 6.07) is 5.62. The summed E-state index contributed by atoms with van der Waals surface area (Å²) >= 11 is 0. The topological polar surface area (TPSA) is 61.8 Å². The molecule has 126 valence electrons. The molecule has 0 amide bonds. The van der Waals surface area contributed by atoms with E-state index in [2.05, 4.69) is 0 Å². The Kier molecular flexibility index (Phi) is 6.30. The molecule has 0 spiro atoms. The van der Waals surface area contributed by atoms with Gasteiger partial charge in [0.1, 0.15) is 12.9 Å². The molecule has 0 aromatic heterocycles. The lowest BCUT2D eigenvalue weighted by Gasteiger charge is -2.36. The second-order valence-corrected chi connectivity index (χ2v) is 5.84. The van der Waals surface area contributed by atoms with E-state index in [9.17, 15) is 9.59 Å². The van der Waals surface area contributed by atoms with Crippen molar-refractivity contribution in [2.24, 2.45) is 0 Å². The van der Waals surface area contributed by atoms with Gasteiger partial charge in [-0.1, -0.05) is 24.6 Å². The fraction of sp³-hybridized carbons (Fsp3) is 0.556. The highest BCUT2D eigenvalue weighted by molar-refractivity contribution is 5.92. The number of esters is 1. The van der Waals surface area contributed by atoms with Crippen molar-refractivity contribution in [1.82, 2.24) is 0 Å². The number of hydrogen-bond acceptors (Lipinski definition) is 5. The van der Waals surface area contributed by atoms with Crippen molar-refractivity contribution in [3.8, 4) is 0 Å². The highest BCUT2D eigenvalue weighted by atomic mass is 16.7. The quantitative estimate of drug-likeness (QED) is 0.439. The van der Waals surface area contributed by atoms with Gasteiger partial charge in [0.15, 0.2) is 5.79 Å². The van der Waals surface area contributed by atoms with Crippen molar-refractivity contribution >= 4 is 12.3 Å². The Bertz CT molecular complexity index is 546. The van der Waals surface area contributed by atoms with Crippen LogP contribution in [0.4, 0.5) is 0 Å². The summed E-state index contributed by atoms with van der Waals surface area (Å²) in [5, 5.41) is 0. The Hall–Kier alpha value is -1.72. The summed E-state index contributed by atoms with van der Waals surface area (Å²) in [5.74, 6) is -1.09. The zero-order valence-corrected chi connectivity index (χ0v) is 13.8. The first-order chi connectivity index (χ1) is 11.1. The Morgan fingerprint density at radius 3 is 2.61 bits per heavy atom. The Morgan fingerprint density at radius 2 is 1.96 bits per heavy atom. The van der Waals surface area contributed by atoms with E-state index < -0.39 is 5.79 Å². The molecule has 23 heavy (non-hydrogen) atoms. The summed E-state index contributed by atoms with van der Waals surface area (Å²) in [6.07, 6.45) is 5.44. The maximum absolute atomic E-state index is 12.0. The second-order valence-electron chi connectivity index (χ2n) is 5.84. The first kappa shape index (κ1) is 17.6. The normalized spacial score (nSPS) is 16.8. The van der Waals surface area contributed by atoms with Crippen LogP contribution in [0.15, 0.2) is 18.2 Å². The van der Waals surface area contributed by atoms with Gasteiger partial charge in [-0.15, -0.1) is 0 Å². The van der Waals surface area contributed by atoms with Gasteiger partial charge in [-0.2, -0.15) is 0 Å². The number of methoxy groups -OCH3 is 1. The standard InChI is InChI=1S/C18H24O5/c1-14-7-6-8-15(16(14)17(20)21-2)13-23-18(22-12-11-19)9-4-3-5-10-18/h6-8,11H,3-5,9-10,12-13H2,1-2H3. The smallest absolute Gasteiger partial charge is 0.338 e. The summed E-state index contributed by atoms with van der Waals surface area (Å²) in [7, 11) is 1.37. The molecule has 1 aromatic carbocycles. The van der Waals surface area contributed by atoms with E-state index in [0.717, 1.165) is 49.5 Å². The number of benzene rings is 1. The van der Waals surface area contributed by atoms with Crippen molar-refractivity contribution in [3.05, 3.63) is 34.9 Å². The van der Waals surface area contributed by atoms with Crippen molar-refractivity contribution in [2.75, 3.05) is 13.7 Å². The van der Waals surface area contributed by atoms with Gasteiger partial charge in [0.2, 0.25) is 0 Å². The highest BCUT2D eigenvalue weighted by Crippen LogP contribution is 2.34. The van der Waals surface area contributed by atoms with Crippen LogP contribution in [0.5, 0.6) is 0 Å². The molecule has 0 unspecified atom stereocenters. The van der Waals surface area contributed by atoms with Gasteiger partial charge in [-0.05, 0) is 30.9 Å². The van der Waals surface area contributed by atoms with Crippen molar-refractivity contribution < 1.29 is 23.8 Å². The second kappa shape index (κ2) is 8.22. The van der Waals surface area contributed by atoms with Gasteiger partial charge in [0.25, 0.3) is 0 Å². The van der Waals surface area contributed by atoms with Crippen LogP contribution in [-0.4, -0.2) is 31.8 Å². The van der Waals surface area contributed by atoms with Gasteiger partial charge in [0.05, 0.1) is 19.3 Å². The Morgan fingerprint density at radius 1 is 1.22 bits per heavy atom. The molecule has 0 aliphatic heterocycles. The largest absolute Gasteiger partial charge is 0.465 e. The minimum Gasteiger partial charge on any atom is -0.465 e. The molecule has 1 fully saturated rings. The van der Waals surface area contributed by atoms with Crippen molar-refractivity contribution in [1.29, 1.82) is 0 Å². The van der Waals surface area contributed by atoms with Crippen LogP contribution in [0.2, 0.25) is 0 Å². The number of carbonyl (C=O) groups excluding carboxylic acids is 2. The fourth-order valence-corrected chi connectivity index (χ4v) is 3.06. The third-order valence-corrected chi connectivity index (χ3v) is 4.27. The predicted octanol–water partition coefficient (Wildman–Crippen LogP) is 3.17. The fourth-order valence-electron chi connectivity index (χ4n) is 3.06. The molecule has 5 nitrogen and oxygen atoms in total. The molecule has 0 atom stereocenters. The number of rotatable bonds is 7. The van der Waals surface area contributed by atoms with E-state index in [1.165, 1.54) is 7.11 Å². The highest BCUT2D eigenvalue weighted by Gasteiger charge is 2.34. The summed E-state index contributed by atoms with van der Waals surface area (Å²) in [4.78, 5) is 22.7. The van der Waals surface area contributed by atoms with Gasteiger partial charge in [-0.3, -0.25) is 0 Å². The number of hydrogen-bond donors (Lipinski definition) is 0. The molecular formula is C18H24O5. The number of aldehydes is 1. The first-order valence-electron chi connectivity index (χ1n) is 8.00. The van der Waals surface area contributed by atoms with E-state index in [1.54, 1.807) is 0 Å². The molecule has 0 bridgehead atoms. The molecular weight excluding hydrogens is 296 g/mol. The number of aryl methyl sites for hydroxylation is 1. The van der Waals surface area contributed by atoms with Crippen molar-refractivity contribution in [2.45, 2.75) is 51.4 Å². The van der Waals surface area contributed by atoms with Gasteiger partial charge < -0.3 is 19.0 Å². The Labute approximate surface area is 136 Å². The predicted molar refractivity (Wildman–Crippen MR) is 85.1 cm³/mol. The van der Waals surface area contributed by atoms with Crippen LogP contribution < -0.4 is 0 Å². The lowest BCUT2D eigenvalue weighted by molar-refractivity contribution is -0.254. The molecule has 1 aliphatic rings. The SMILES string of the molecule is COC(=O)c1c(C)cccc1COC1(OCC=O)CCCCC1. The molecule has 1 saturated carbocycles. The van der Waals surface area contributed by atoms with Crippen molar-refractivity contribution in [3.63, 3.8) is 0 Å². The summed E-state index contributed by atoms with van der Waals surface area (Å²) in [5.41, 5.74) is 2.16. The van der Waals surface area contributed by atoms with Crippen LogP contribution in [0.25, 0.3) is 0 Å². The maximum Gasteiger partial charge on any atom is 0.338 e. The van der Waals surface area contributed by atoms with Crippen LogP contribution >= 0.6 is 0 Å². The van der Waals surface area contributed by atoms with Gasteiger partial charge >= 0.3 is 5.97 Å². The molecule has 0 N–H and O–H groups in total. The lowest BCUT2D eigenvalue weighted by atomic mass is 9.93. The van der Waals surface area contributed by atoms with E-state index in [4.69, 9.17) is 14.2 Å². The molecule has 0 saturated heterocycles. The monoisotopic (exact) mass is 320 g/mol. The molecule has 1 aromatic rings. The lowest BCUT2D eigenvalue weighted by Crippen LogP contribution is -2.38. The molecule has 1 aliphatic carbocycles. The molecule has 5 heteroatoms. The first-order valence-corrected chi connectivity index (χ1v) is 8.00. The molecule has 0 heterocycles. The van der Waals surface area contributed by atoms with E-state index >= 15 is 0 Å². The van der Waals surface area contributed by atoms with Crippen LogP contribution in [0.3, 0.4) is 0 Å². The van der Waals surface area contributed by atoms with Crippen LogP contribution in [0.1, 0.15) is 53.6 Å². The third-order valence-electron chi connectivity index (χ3n) is 4.27. The average molecular weight is 320 g/mol. The van der Waals surface area contributed by atoms with E-state index in [1.807, 2.05) is 25.1 Å². The third kappa shape index (κ3) is 4.39. The average Bonchev–Trinajstić information content (AvgIpc) is 2.58. The van der Waals surface area contributed by atoms with E-state index in [-0.39, 0.29) is 19.2 Å². The molecule has 2 rings (SSSR count). The number of carbonyl (C=O) groups is 2. The van der Waals surface area contributed by atoms with Crippen LogP contribution in [0, 0.1) is 6.92 Å². The zero-order chi connectivity index (χ0) is 16.7. The minimum atomic E-state index is -0.726.